The summed E-state index contributed by atoms with van der Waals surface area (Å²) in [6, 6.07) is 1.64. The van der Waals surface area contributed by atoms with E-state index in [1.807, 2.05) is 24.5 Å². The predicted molar refractivity (Wildman–Crippen MR) is 88.7 cm³/mol. The largest absolute Gasteiger partial charge is 0.343 e. The molecule has 2 amide bonds. The molecule has 0 bridgehead atoms. The fourth-order valence-electron chi connectivity index (χ4n) is 2.94. The van der Waals surface area contributed by atoms with E-state index in [0.29, 0.717) is 24.3 Å². The molecular weight excluding hydrogens is 306 g/mol. The van der Waals surface area contributed by atoms with Crippen LogP contribution in [-0.2, 0) is 6.54 Å². The average Bonchev–Trinajstić information content (AvgIpc) is 2.99. The molecule has 0 aromatic carbocycles. The number of nitrogens with zero attached hydrogens (tertiary/aromatic N) is 5. The fraction of sp³-hybridized carbons (Fsp3) is 0.412. The molecule has 1 aliphatic heterocycles. The molecule has 7 nitrogen and oxygen atoms in total. The van der Waals surface area contributed by atoms with Crippen molar-refractivity contribution < 1.29 is 9.59 Å². The zero-order valence-electron chi connectivity index (χ0n) is 14.4. The number of pyridine rings is 1. The molecule has 1 aliphatic rings. The molecule has 0 saturated carbocycles. The van der Waals surface area contributed by atoms with E-state index in [-0.39, 0.29) is 17.9 Å². The molecule has 0 aliphatic carbocycles. The number of rotatable bonds is 2. The summed E-state index contributed by atoms with van der Waals surface area (Å²) < 4.78 is 1.96. The van der Waals surface area contributed by atoms with Crippen LogP contribution in [-0.4, -0.2) is 56.8 Å². The van der Waals surface area contributed by atoms with Crippen LogP contribution in [0.1, 0.15) is 45.2 Å². The Morgan fingerprint density at radius 2 is 2.00 bits per heavy atom. The van der Waals surface area contributed by atoms with Gasteiger partial charge in [0.05, 0.1) is 11.6 Å². The summed E-state index contributed by atoms with van der Waals surface area (Å²) >= 11 is 0. The van der Waals surface area contributed by atoms with E-state index in [4.69, 9.17) is 0 Å². The Morgan fingerprint density at radius 3 is 2.67 bits per heavy atom. The van der Waals surface area contributed by atoms with E-state index >= 15 is 0 Å². The van der Waals surface area contributed by atoms with Crippen LogP contribution in [0.15, 0.2) is 24.7 Å². The van der Waals surface area contributed by atoms with E-state index < -0.39 is 0 Å². The van der Waals surface area contributed by atoms with Gasteiger partial charge in [0.2, 0.25) is 0 Å². The number of carbonyl (C=O) groups excluding carboxylic acids is 2. The van der Waals surface area contributed by atoms with Gasteiger partial charge in [-0.15, -0.1) is 0 Å². The van der Waals surface area contributed by atoms with Crippen molar-refractivity contribution in [2.45, 2.75) is 26.4 Å². The van der Waals surface area contributed by atoms with Crippen LogP contribution in [0.2, 0.25) is 0 Å². The second-order valence-electron chi connectivity index (χ2n) is 6.30. The summed E-state index contributed by atoms with van der Waals surface area (Å²) in [7, 11) is 3.40. The van der Waals surface area contributed by atoms with Gasteiger partial charge in [-0.05, 0) is 25.5 Å². The molecule has 0 N–H and O–H groups in total. The van der Waals surface area contributed by atoms with E-state index in [0.717, 1.165) is 11.4 Å². The van der Waals surface area contributed by atoms with Gasteiger partial charge in [-0.3, -0.25) is 14.6 Å². The lowest BCUT2D eigenvalue weighted by molar-refractivity contribution is 0.0637. The Kier molecular flexibility index (Phi) is 4.09. The maximum absolute atomic E-state index is 12.8. The van der Waals surface area contributed by atoms with Crippen LogP contribution in [0, 0.1) is 6.92 Å². The number of carbonyl (C=O) groups is 2. The average molecular weight is 327 g/mol. The first-order valence-electron chi connectivity index (χ1n) is 7.90. The Bertz CT molecular complexity index is 796. The predicted octanol–water partition coefficient (Wildman–Crippen LogP) is 1.51. The molecule has 0 unspecified atom stereocenters. The van der Waals surface area contributed by atoms with Gasteiger partial charge in [0.15, 0.2) is 0 Å². The minimum atomic E-state index is -0.199. The first kappa shape index (κ1) is 16.2. The third kappa shape index (κ3) is 2.77. The van der Waals surface area contributed by atoms with Crippen molar-refractivity contribution in [2.75, 3.05) is 20.6 Å². The summed E-state index contributed by atoms with van der Waals surface area (Å²) in [6.45, 7) is 5.05. The van der Waals surface area contributed by atoms with Crippen LogP contribution in [0.25, 0.3) is 0 Å². The summed E-state index contributed by atoms with van der Waals surface area (Å²) in [5.41, 5.74) is 1.94. The maximum Gasteiger partial charge on any atom is 0.273 e. The van der Waals surface area contributed by atoms with Gasteiger partial charge in [0.25, 0.3) is 11.8 Å². The Labute approximate surface area is 140 Å². The van der Waals surface area contributed by atoms with Gasteiger partial charge in [-0.25, -0.2) is 4.98 Å². The molecule has 2 aromatic rings. The lowest BCUT2D eigenvalue weighted by Gasteiger charge is -2.33. The van der Waals surface area contributed by atoms with Crippen LogP contribution >= 0.6 is 0 Å². The molecule has 0 fully saturated rings. The van der Waals surface area contributed by atoms with Gasteiger partial charge in [-0.1, -0.05) is 0 Å². The minimum absolute atomic E-state index is 0.0616. The highest BCUT2D eigenvalue weighted by atomic mass is 16.2. The van der Waals surface area contributed by atoms with Crippen LogP contribution in [0.4, 0.5) is 0 Å². The third-order valence-corrected chi connectivity index (χ3v) is 4.24. The van der Waals surface area contributed by atoms with Crippen molar-refractivity contribution in [1.29, 1.82) is 0 Å². The highest BCUT2D eigenvalue weighted by Crippen LogP contribution is 2.26. The summed E-state index contributed by atoms with van der Waals surface area (Å²) in [6.07, 6.45) is 5.08. The molecule has 1 atom stereocenters. The van der Waals surface area contributed by atoms with E-state index in [1.54, 1.807) is 37.6 Å². The highest BCUT2D eigenvalue weighted by Gasteiger charge is 2.31. The first-order chi connectivity index (χ1) is 11.4. The minimum Gasteiger partial charge on any atom is -0.343 e. The molecule has 0 saturated heterocycles. The van der Waals surface area contributed by atoms with Crippen molar-refractivity contribution in [3.63, 3.8) is 0 Å². The lowest BCUT2D eigenvalue weighted by atomic mass is 10.1. The number of amides is 2. The second kappa shape index (κ2) is 6.07. The van der Waals surface area contributed by atoms with Crippen LogP contribution in [0.3, 0.4) is 0 Å². The number of hydrogen-bond acceptors (Lipinski definition) is 4. The van der Waals surface area contributed by atoms with Crippen LogP contribution in [0.5, 0.6) is 0 Å². The fourth-order valence-corrected chi connectivity index (χ4v) is 2.94. The summed E-state index contributed by atoms with van der Waals surface area (Å²) in [4.78, 5) is 36.7. The SMILES string of the molecule is Cc1cncc(C(=O)N2CCn3cc(C(=O)N(C)C)nc3[C@H]2C)c1. The summed E-state index contributed by atoms with van der Waals surface area (Å²) in [5.74, 6) is 0.540. The van der Waals surface area contributed by atoms with Crippen molar-refractivity contribution in [1.82, 2.24) is 24.3 Å². The quantitative estimate of drug-likeness (QED) is 0.838. The molecule has 7 heteroatoms. The molecule has 3 heterocycles. The van der Waals surface area contributed by atoms with E-state index in [1.165, 1.54) is 4.90 Å². The Balaban J connectivity index is 1.88. The van der Waals surface area contributed by atoms with Crippen LogP contribution < -0.4 is 0 Å². The number of aromatic nitrogens is 3. The van der Waals surface area contributed by atoms with Gasteiger partial charge in [-0.2, -0.15) is 0 Å². The molecular formula is C17H21N5O2. The second-order valence-corrected chi connectivity index (χ2v) is 6.30. The number of aryl methyl sites for hydroxylation is 1. The number of imidazole rings is 1. The zero-order chi connectivity index (χ0) is 17.4. The van der Waals surface area contributed by atoms with Gasteiger partial charge >= 0.3 is 0 Å². The zero-order valence-corrected chi connectivity index (χ0v) is 14.4. The standard InChI is InChI=1S/C17H21N5O2/c1-11-7-13(9-18-8-11)16(23)22-6-5-21-10-14(17(24)20(3)4)19-15(21)12(22)2/h7-10,12H,5-6H2,1-4H3/t12-/m1/s1. The molecule has 3 rings (SSSR count). The van der Waals surface area contributed by atoms with Gasteiger partial charge in [0, 0.05) is 45.8 Å². The van der Waals surface area contributed by atoms with Gasteiger partial charge < -0.3 is 14.4 Å². The molecule has 126 valence electrons. The maximum atomic E-state index is 12.8. The van der Waals surface area contributed by atoms with Gasteiger partial charge in [0.1, 0.15) is 11.5 Å². The van der Waals surface area contributed by atoms with E-state index in [9.17, 15) is 9.59 Å². The van der Waals surface area contributed by atoms with E-state index in [2.05, 4.69) is 9.97 Å². The first-order valence-corrected chi connectivity index (χ1v) is 7.90. The summed E-state index contributed by atoms with van der Waals surface area (Å²) in [5, 5.41) is 0. The molecule has 0 spiro atoms. The number of fused-ring (bicyclic) bond motifs is 1. The topological polar surface area (TPSA) is 71.3 Å². The molecule has 2 aromatic heterocycles. The lowest BCUT2D eigenvalue weighted by Crippen LogP contribution is -2.41. The van der Waals surface area contributed by atoms with Crippen molar-refractivity contribution in [2.24, 2.45) is 0 Å². The van der Waals surface area contributed by atoms with Crippen molar-refractivity contribution in [3.05, 3.63) is 47.3 Å². The van der Waals surface area contributed by atoms with Crippen molar-refractivity contribution >= 4 is 11.8 Å². The smallest absolute Gasteiger partial charge is 0.273 e. The third-order valence-electron chi connectivity index (χ3n) is 4.24. The Hall–Kier alpha value is -2.70. The highest BCUT2D eigenvalue weighted by molar-refractivity contribution is 5.94. The number of hydrogen-bond donors (Lipinski definition) is 0. The monoisotopic (exact) mass is 327 g/mol. The Morgan fingerprint density at radius 1 is 1.25 bits per heavy atom. The normalized spacial score (nSPS) is 16.7. The molecule has 24 heavy (non-hydrogen) atoms. The van der Waals surface area contributed by atoms with Crippen molar-refractivity contribution in [3.8, 4) is 0 Å². The molecule has 0 radical (unpaired) electrons.